The van der Waals surface area contributed by atoms with Gasteiger partial charge in [0, 0.05) is 11.8 Å². The molecule has 21 heavy (non-hydrogen) atoms. The van der Waals surface area contributed by atoms with Gasteiger partial charge in [0.2, 0.25) is 11.8 Å². The van der Waals surface area contributed by atoms with Gasteiger partial charge in [-0.1, -0.05) is 26.2 Å². The van der Waals surface area contributed by atoms with Crippen LogP contribution in [0.15, 0.2) is 0 Å². The summed E-state index contributed by atoms with van der Waals surface area (Å²) in [6.07, 6.45) is 7.86. The van der Waals surface area contributed by atoms with Gasteiger partial charge in [0.25, 0.3) is 0 Å². The van der Waals surface area contributed by atoms with Gasteiger partial charge in [0.15, 0.2) is 0 Å². The van der Waals surface area contributed by atoms with Crippen LogP contribution in [-0.4, -0.2) is 45.8 Å². The van der Waals surface area contributed by atoms with Crippen molar-refractivity contribution in [1.82, 2.24) is 10.2 Å². The van der Waals surface area contributed by atoms with Crippen molar-refractivity contribution in [3.8, 4) is 0 Å². The highest BCUT2D eigenvalue weighted by Crippen LogP contribution is 2.36. The lowest BCUT2D eigenvalue weighted by Gasteiger charge is -2.50. The SMILES string of the molecule is CCC1C(=O)NC2(CCCCC2)C(=O)N1C1CCCSC1. The number of amides is 2. The van der Waals surface area contributed by atoms with Crippen LogP contribution in [-0.2, 0) is 9.59 Å². The highest BCUT2D eigenvalue weighted by Gasteiger charge is 2.52. The van der Waals surface area contributed by atoms with Crippen LogP contribution in [0.25, 0.3) is 0 Å². The predicted molar refractivity (Wildman–Crippen MR) is 85.2 cm³/mol. The maximum atomic E-state index is 13.2. The summed E-state index contributed by atoms with van der Waals surface area (Å²) >= 11 is 1.92. The lowest BCUT2D eigenvalue weighted by molar-refractivity contribution is -0.159. The molecular weight excluding hydrogens is 284 g/mol. The van der Waals surface area contributed by atoms with Gasteiger partial charge in [-0.05, 0) is 37.9 Å². The average molecular weight is 310 g/mol. The molecule has 3 fully saturated rings. The molecule has 3 rings (SSSR count). The largest absolute Gasteiger partial charge is 0.340 e. The topological polar surface area (TPSA) is 49.4 Å². The van der Waals surface area contributed by atoms with E-state index in [0.717, 1.165) is 50.7 Å². The van der Waals surface area contributed by atoms with Crippen molar-refractivity contribution in [3.63, 3.8) is 0 Å². The minimum absolute atomic E-state index is 0.0783. The Bertz CT molecular complexity index is 415. The third kappa shape index (κ3) is 2.69. The van der Waals surface area contributed by atoms with Gasteiger partial charge in [-0.15, -0.1) is 0 Å². The fourth-order valence-corrected chi connectivity index (χ4v) is 5.26. The summed E-state index contributed by atoms with van der Waals surface area (Å²) in [4.78, 5) is 27.8. The van der Waals surface area contributed by atoms with Crippen LogP contribution >= 0.6 is 11.8 Å². The molecule has 1 N–H and O–H groups in total. The Morgan fingerprint density at radius 1 is 1.24 bits per heavy atom. The zero-order chi connectivity index (χ0) is 14.9. The van der Waals surface area contributed by atoms with E-state index in [1.54, 1.807) is 0 Å². The zero-order valence-electron chi connectivity index (χ0n) is 12.9. The number of thioether (sulfide) groups is 1. The molecule has 1 saturated carbocycles. The maximum Gasteiger partial charge on any atom is 0.249 e. The van der Waals surface area contributed by atoms with Gasteiger partial charge in [-0.25, -0.2) is 0 Å². The van der Waals surface area contributed by atoms with E-state index in [9.17, 15) is 9.59 Å². The fraction of sp³-hybridized carbons (Fsp3) is 0.875. The van der Waals surface area contributed by atoms with Crippen LogP contribution in [0.5, 0.6) is 0 Å². The number of carbonyl (C=O) groups excluding carboxylic acids is 2. The molecule has 2 atom stereocenters. The van der Waals surface area contributed by atoms with Crippen molar-refractivity contribution in [2.45, 2.75) is 75.9 Å². The third-order valence-corrected chi connectivity index (χ3v) is 6.47. The summed E-state index contributed by atoms with van der Waals surface area (Å²) in [5.74, 6) is 2.47. The molecule has 1 aliphatic carbocycles. The van der Waals surface area contributed by atoms with Crippen molar-refractivity contribution in [2.75, 3.05) is 11.5 Å². The van der Waals surface area contributed by atoms with Crippen molar-refractivity contribution in [2.24, 2.45) is 0 Å². The molecular formula is C16H26N2O2S. The second kappa shape index (κ2) is 6.19. The van der Waals surface area contributed by atoms with Gasteiger partial charge >= 0.3 is 0 Å². The second-order valence-electron chi connectivity index (χ2n) is 6.64. The van der Waals surface area contributed by atoms with Crippen molar-refractivity contribution >= 4 is 23.6 Å². The van der Waals surface area contributed by atoms with E-state index >= 15 is 0 Å². The van der Waals surface area contributed by atoms with Crippen LogP contribution in [0.2, 0.25) is 0 Å². The first-order valence-electron chi connectivity index (χ1n) is 8.40. The third-order valence-electron chi connectivity index (χ3n) is 5.27. The van der Waals surface area contributed by atoms with Crippen molar-refractivity contribution < 1.29 is 9.59 Å². The number of hydrogen-bond donors (Lipinski definition) is 1. The van der Waals surface area contributed by atoms with E-state index < -0.39 is 5.54 Å². The fourth-order valence-electron chi connectivity index (χ4n) is 4.13. The van der Waals surface area contributed by atoms with Gasteiger partial charge < -0.3 is 10.2 Å². The monoisotopic (exact) mass is 310 g/mol. The lowest BCUT2D eigenvalue weighted by atomic mass is 9.77. The number of carbonyl (C=O) groups is 2. The number of nitrogens with zero attached hydrogens (tertiary/aromatic N) is 1. The number of rotatable bonds is 2. The summed E-state index contributed by atoms with van der Waals surface area (Å²) in [5, 5.41) is 3.11. The highest BCUT2D eigenvalue weighted by atomic mass is 32.2. The minimum Gasteiger partial charge on any atom is -0.340 e. The first-order valence-corrected chi connectivity index (χ1v) is 9.56. The van der Waals surface area contributed by atoms with Gasteiger partial charge in [-0.2, -0.15) is 11.8 Å². The van der Waals surface area contributed by atoms with Gasteiger partial charge in [-0.3, -0.25) is 9.59 Å². The smallest absolute Gasteiger partial charge is 0.249 e. The second-order valence-corrected chi connectivity index (χ2v) is 7.79. The summed E-state index contributed by atoms with van der Waals surface area (Å²) in [6, 6.07) is -0.000182. The van der Waals surface area contributed by atoms with Crippen LogP contribution in [0.4, 0.5) is 0 Å². The molecule has 2 heterocycles. The molecule has 2 saturated heterocycles. The Hall–Kier alpha value is -0.710. The van der Waals surface area contributed by atoms with E-state index in [4.69, 9.17) is 0 Å². The Balaban J connectivity index is 1.88. The van der Waals surface area contributed by atoms with E-state index in [-0.39, 0.29) is 23.9 Å². The Morgan fingerprint density at radius 2 is 2.00 bits per heavy atom. The average Bonchev–Trinajstić information content (AvgIpc) is 2.52. The molecule has 4 nitrogen and oxygen atoms in total. The zero-order valence-corrected chi connectivity index (χ0v) is 13.7. The Labute approximate surface area is 131 Å². The molecule has 2 aliphatic heterocycles. The molecule has 2 amide bonds. The molecule has 2 unspecified atom stereocenters. The van der Waals surface area contributed by atoms with E-state index in [0.29, 0.717) is 0 Å². The first-order chi connectivity index (χ1) is 10.2. The van der Waals surface area contributed by atoms with Crippen molar-refractivity contribution in [1.29, 1.82) is 0 Å². The molecule has 1 spiro atoms. The Kier molecular flexibility index (Phi) is 4.48. The van der Waals surface area contributed by atoms with Gasteiger partial charge in [0.05, 0.1) is 0 Å². The quantitative estimate of drug-likeness (QED) is 0.851. The predicted octanol–water partition coefficient (Wildman–Crippen LogP) is 2.32. The molecule has 5 heteroatoms. The maximum absolute atomic E-state index is 13.2. The molecule has 0 aromatic rings. The van der Waals surface area contributed by atoms with Crippen LogP contribution < -0.4 is 5.32 Å². The van der Waals surface area contributed by atoms with Crippen molar-refractivity contribution in [3.05, 3.63) is 0 Å². The van der Waals surface area contributed by atoms with Gasteiger partial charge in [0.1, 0.15) is 11.6 Å². The Morgan fingerprint density at radius 3 is 2.62 bits per heavy atom. The molecule has 118 valence electrons. The van der Waals surface area contributed by atoms with Crippen LogP contribution in [0.1, 0.15) is 58.3 Å². The highest BCUT2D eigenvalue weighted by molar-refractivity contribution is 7.99. The molecule has 0 bridgehead atoms. The van der Waals surface area contributed by atoms with E-state index in [1.807, 2.05) is 23.6 Å². The number of hydrogen-bond acceptors (Lipinski definition) is 3. The summed E-state index contributed by atoms with van der Waals surface area (Å²) in [6.45, 7) is 2.01. The number of nitrogens with one attached hydrogen (secondary N) is 1. The van der Waals surface area contributed by atoms with Crippen LogP contribution in [0, 0.1) is 0 Å². The lowest BCUT2D eigenvalue weighted by Crippen LogP contribution is -2.72. The summed E-state index contributed by atoms with van der Waals surface area (Å²) in [7, 11) is 0. The van der Waals surface area contributed by atoms with E-state index in [2.05, 4.69) is 5.32 Å². The normalized spacial score (nSPS) is 33.1. The van der Waals surface area contributed by atoms with E-state index in [1.165, 1.54) is 12.2 Å². The molecule has 0 aromatic carbocycles. The van der Waals surface area contributed by atoms with Crippen LogP contribution in [0.3, 0.4) is 0 Å². The standard InChI is InChI=1S/C16H26N2O2S/c1-2-13-14(19)17-16(8-4-3-5-9-16)15(20)18(13)12-7-6-10-21-11-12/h12-13H,2-11H2,1H3,(H,17,19). The minimum atomic E-state index is -0.580. The number of piperazine rings is 1. The molecule has 0 aromatic heterocycles. The first kappa shape index (κ1) is 15.2. The molecule has 3 aliphatic rings. The summed E-state index contributed by atoms with van der Waals surface area (Å²) < 4.78 is 0. The summed E-state index contributed by atoms with van der Waals surface area (Å²) in [5.41, 5.74) is -0.580. The molecule has 0 radical (unpaired) electrons.